The lowest BCUT2D eigenvalue weighted by Crippen LogP contribution is -2.47. The number of methoxy groups -OCH3 is 1. The van der Waals surface area contributed by atoms with Crippen LogP contribution in [-0.2, 0) is 14.3 Å². The molecule has 154 valence electrons. The number of carbonyl (C=O) groups is 1. The molecule has 1 heterocycles. The van der Waals surface area contributed by atoms with Gasteiger partial charge in [-0.1, -0.05) is 27.7 Å². The molecule has 6 nitrogen and oxygen atoms in total. The van der Waals surface area contributed by atoms with E-state index in [0.717, 1.165) is 0 Å². The third-order valence-corrected chi connectivity index (χ3v) is 4.27. The second-order valence-corrected chi connectivity index (χ2v) is 7.68. The fourth-order valence-corrected chi connectivity index (χ4v) is 3.18. The number of amides is 1. The van der Waals surface area contributed by atoms with Crippen molar-refractivity contribution in [2.75, 3.05) is 32.2 Å². The molecule has 0 saturated heterocycles. The van der Waals surface area contributed by atoms with Crippen molar-refractivity contribution in [2.24, 2.45) is 11.8 Å². The average molecular weight is 381 g/mol. The summed E-state index contributed by atoms with van der Waals surface area (Å²) < 4.78 is 16.6. The molecular formula is C21H36N2O4. The Labute approximate surface area is 164 Å². The summed E-state index contributed by atoms with van der Waals surface area (Å²) in [6, 6.07) is 3.58. The molecule has 1 aromatic rings. The van der Waals surface area contributed by atoms with E-state index in [1.165, 1.54) is 0 Å². The number of anilines is 1. The zero-order valence-corrected chi connectivity index (χ0v) is 17.9. The number of pyridine rings is 1. The van der Waals surface area contributed by atoms with Gasteiger partial charge in [0.2, 0.25) is 5.88 Å². The topological polar surface area (TPSA) is 69.7 Å². The third-order valence-electron chi connectivity index (χ3n) is 4.27. The van der Waals surface area contributed by atoms with Crippen molar-refractivity contribution in [3.63, 3.8) is 0 Å². The van der Waals surface area contributed by atoms with E-state index in [2.05, 4.69) is 38.0 Å². The predicted octanol–water partition coefficient (Wildman–Crippen LogP) is 4.22. The fourth-order valence-electron chi connectivity index (χ4n) is 3.18. The molecule has 1 N–H and O–H groups in total. The number of nitrogens with zero attached hydrogens (tertiary/aromatic N) is 1. The quantitative estimate of drug-likeness (QED) is 0.550. The summed E-state index contributed by atoms with van der Waals surface area (Å²) in [5.41, 5.74) is 0.531. The zero-order chi connectivity index (χ0) is 20.4. The molecule has 1 aromatic heterocycles. The van der Waals surface area contributed by atoms with Crippen molar-refractivity contribution in [1.29, 1.82) is 0 Å². The standard InChI is InChI=1S/C21H36N2O4/c1-8-26-11-12-27-19-10-9-18(17(6)22-19)23-20(24)21(25-7,13-15(2)3)14-16(4)5/h9-10,15-16H,8,11-14H2,1-7H3,(H,23,24). The third kappa shape index (κ3) is 7.46. The van der Waals surface area contributed by atoms with Gasteiger partial charge < -0.3 is 19.5 Å². The molecule has 0 saturated carbocycles. The normalized spacial score (nSPS) is 11.9. The minimum atomic E-state index is -0.846. The molecule has 0 spiro atoms. The number of hydrogen-bond donors (Lipinski definition) is 1. The number of aryl methyl sites for hydroxylation is 1. The van der Waals surface area contributed by atoms with Crippen LogP contribution < -0.4 is 10.1 Å². The van der Waals surface area contributed by atoms with Crippen LogP contribution in [0.1, 0.15) is 53.2 Å². The first-order chi connectivity index (χ1) is 12.7. The molecule has 0 aliphatic carbocycles. The second kappa shape index (κ2) is 11.2. The lowest BCUT2D eigenvalue weighted by Gasteiger charge is -2.34. The molecule has 0 fully saturated rings. The van der Waals surface area contributed by atoms with Gasteiger partial charge in [-0.2, -0.15) is 0 Å². The lowest BCUT2D eigenvalue weighted by atomic mass is 9.84. The minimum absolute atomic E-state index is 0.123. The highest BCUT2D eigenvalue weighted by atomic mass is 16.5. The van der Waals surface area contributed by atoms with Gasteiger partial charge in [-0.25, -0.2) is 4.98 Å². The van der Waals surface area contributed by atoms with Crippen molar-refractivity contribution < 1.29 is 19.0 Å². The average Bonchev–Trinajstić information content (AvgIpc) is 2.59. The monoisotopic (exact) mass is 380 g/mol. The summed E-state index contributed by atoms with van der Waals surface area (Å²) in [4.78, 5) is 17.5. The van der Waals surface area contributed by atoms with Crippen LogP contribution in [0.5, 0.6) is 5.88 Å². The fraction of sp³-hybridized carbons (Fsp3) is 0.714. The summed E-state index contributed by atoms with van der Waals surface area (Å²) in [6.07, 6.45) is 1.33. The van der Waals surface area contributed by atoms with Gasteiger partial charge in [-0.05, 0) is 44.6 Å². The van der Waals surface area contributed by atoms with E-state index < -0.39 is 5.60 Å². The summed E-state index contributed by atoms with van der Waals surface area (Å²) in [5, 5.41) is 3.01. The van der Waals surface area contributed by atoms with Gasteiger partial charge in [0.05, 0.1) is 18.0 Å². The highest BCUT2D eigenvalue weighted by Crippen LogP contribution is 2.30. The molecule has 6 heteroatoms. The van der Waals surface area contributed by atoms with Crippen molar-refractivity contribution >= 4 is 11.6 Å². The Bertz CT molecular complexity index is 578. The Morgan fingerprint density at radius 3 is 2.26 bits per heavy atom. The first kappa shape index (κ1) is 23.4. The number of carbonyl (C=O) groups excluding carboxylic acids is 1. The zero-order valence-electron chi connectivity index (χ0n) is 17.9. The molecular weight excluding hydrogens is 344 g/mol. The Morgan fingerprint density at radius 2 is 1.78 bits per heavy atom. The van der Waals surface area contributed by atoms with Crippen LogP contribution >= 0.6 is 0 Å². The Balaban J connectivity index is 2.88. The van der Waals surface area contributed by atoms with Gasteiger partial charge in [0.25, 0.3) is 5.91 Å². The van der Waals surface area contributed by atoms with Gasteiger partial charge in [-0.15, -0.1) is 0 Å². The van der Waals surface area contributed by atoms with Gasteiger partial charge in [0.1, 0.15) is 12.2 Å². The van der Waals surface area contributed by atoms with E-state index in [-0.39, 0.29) is 5.91 Å². The molecule has 0 aliphatic rings. The van der Waals surface area contributed by atoms with E-state index in [1.807, 2.05) is 19.9 Å². The van der Waals surface area contributed by atoms with Crippen LogP contribution in [0.25, 0.3) is 0 Å². The maximum absolute atomic E-state index is 13.1. The maximum Gasteiger partial charge on any atom is 0.256 e. The van der Waals surface area contributed by atoms with Crippen molar-refractivity contribution in [1.82, 2.24) is 4.98 Å². The number of rotatable bonds is 12. The van der Waals surface area contributed by atoms with E-state index in [0.29, 0.717) is 61.8 Å². The van der Waals surface area contributed by atoms with E-state index in [9.17, 15) is 4.79 Å². The van der Waals surface area contributed by atoms with Gasteiger partial charge in [-0.3, -0.25) is 4.79 Å². The van der Waals surface area contributed by atoms with Crippen molar-refractivity contribution in [3.8, 4) is 5.88 Å². The highest BCUT2D eigenvalue weighted by molar-refractivity contribution is 5.97. The number of aromatic nitrogens is 1. The molecule has 0 aliphatic heterocycles. The largest absolute Gasteiger partial charge is 0.475 e. The smallest absolute Gasteiger partial charge is 0.256 e. The second-order valence-electron chi connectivity index (χ2n) is 7.68. The number of ether oxygens (including phenoxy) is 3. The molecule has 0 bridgehead atoms. The molecule has 1 amide bonds. The molecule has 0 atom stereocenters. The van der Waals surface area contributed by atoms with Crippen LogP contribution in [0.2, 0.25) is 0 Å². The number of hydrogen-bond acceptors (Lipinski definition) is 5. The Kier molecular flexibility index (Phi) is 9.74. The first-order valence-electron chi connectivity index (χ1n) is 9.78. The van der Waals surface area contributed by atoms with Crippen LogP contribution in [0, 0.1) is 18.8 Å². The molecule has 27 heavy (non-hydrogen) atoms. The van der Waals surface area contributed by atoms with Crippen LogP contribution in [-0.4, -0.2) is 43.4 Å². The highest BCUT2D eigenvalue weighted by Gasteiger charge is 2.40. The lowest BCUT2D eigenvalue weighted by molar-refractivity contribution is -0.142. The van der Waals surface area contributed by atoms with Crippen molar-refractivity contribution in [3.05, 3.63) is 17.8 Å². The first-order valence-corrected chi connectivity index (χ1v) is 9.78. The Hall–Kier alpha value is -1.66. The molecule has 0 aromatic carbocycles. The predicted molar refractivity (Wildman–Crippen MR) is 108 cm³/mol. The van der Waals surface area contributed by atoms with E-state index >= 15 is 0 Å². The molecule has 0 unspecified atom stereocenters. The minimum Gasteiger partial charge on any atom is -0.475 e. The van der Waals surface area contributed by atoms with E-state index in [1.54, 1.807) is 13.2 Å². The number of nitrogens with one attached hydrogen (secondary N) is 1. The summed E-state index contributed by atoms with van der Waals surface area (Å²) in [6.45, 7) is 13.8. The summed E-state index contributed by atoms with van der Waals surface area (Å²) >= 11 is 0. The molecule has 0 radical (unpaired) electrons. The summed E-state index contributed by atoms with van der Waals surface area (Å²) in [5.74, 6) is 1.08. The van der Waals surface area contributed by atoms with Crippen LogP contribution in [0.3, 0.4) is 0 Å². The Morgan fingerprint density at radius 1 is 1.15 bits per heavy atom. The van der Waals surface area contributed by atoms with E-state index in [4.69, 9.17) is 14.2 Å². The summed E-state index contributed by atoms with van der Waals surface area (Å²) in [7, 11) is 1.62. The maximum atomic E-state index is 13.1. The van der Waals surface area contributed by atoms with Gasteiger partial charge in [0.15, 0.2) is 0 Å². The van der Waals surface area contributed by atoms with Crippen molar-refractivity contribution in [2.45, 2.75) is 60.0 Å². The van der Waals surface area contributed by atoms with Gasteiger partial charge in [0, 0.05) is 19.8 Å². The van der Waals surface area contributed by atoms with Gasteiger partial charge >= 0.3 is 0 Å². The van der Waals surface area contributed by atoms with Crippen LogP contribution in [0.15, 0.2) is 12.1 Å². The SMILES string of the molecule is CCOCCOc1ccc(NC(=O)C(CC(C)C)(CC(C)C)OC)c(C)n1. The van der Waals surface area contributed by atoms with Crippen LogP contribution in [0.4, 0.5) is 5.69 Å². The molecule has 1 rings (SSSR count).